The molecule has 0 aromatic rings. The molecule has 0 aromatic heterocycles. The van der Waals surface area contributed by atoms with Crippen LogP contribution in [0.5, 0.6) is 0 Å². The van der Waals surface area contributed by atoms with Crippen molar-refractivity contribution in [2.75, 3.05) is 11.5 Å². The maximum absolute atomic E-state index is 10.7. The van der Waals surface area contributed by atoms with E-state index in [1.165, 1.54) is 13.8 Å². The van der Waals surface area contributed by atoms with Crippen LogP contribution in [0.25, 0.3) is 0 Å². The lowest BCUT2D eigenvalue weighted by molar-refractivity contribution is 0.578. The van der Waals surface area contributed by atoms with E-state index in [1.54, 1.807) is 4.13 Å². The Hall–Kier alpha value is -0.140. The van der Waals surface area contributed by atoms with Crippen molar-refractivity contribution < 1.29 is 16.8 Å². The lowest BCUT2D eigenvalue weighted by atomic mass is 11.0. The highest BCUT2D eigenvalue weighted by molar-refractivity contribution is 8.04. The summed E-state index contributed by atoms with van der Waals surface area (Å²) in [7, 11) is -7.25. The summed E-state index contributed by atoms with van der Waals surface area (Å²) in [6, 6.07) is 0. The molecule has 0 unspecified atom stereocenters. The fraction of sp³-hybridized carbons (Fsp3) is 1.00. The van der Waals surface area contributed by atoms with Crippen LogP contribution >= 0.6 is 0 Å². The van der Waals surface area contributed by atoms with Gasteiger partial charge in [0.2, 0.25) is 20.0 Å². The van der Waals surface area contributed by atoms with Gasteiger partial charge in [0.25, 0.3) is 0 Å². The van der Waals surface area contributed by atoms with E-state index in [2.05, 4.69) is 0 Å². The van der Waals surface area contributed by atoms with Crippen molar-refractivity contribution in [3.8, 4) is 0 Å². The van der Waals surface area contributed by atoms with Gasteiger partial charge < -0.3 is 0 Å². The van der Waals surface area contributed by atoms with Crippen molar-refractivity contribution in [3.63, 3.8) is 0 Å². The predicted molar refractivity (Wildman–Crippen MR) is 42.1 cm³/mol. The third-order valence-electron chi connectivity index (χ3n) is 1.01. The second-order valence-corrected chi connectivity index (χ2v) is 6.17. The molecule has 7 heteroatoms. The van der Waals surface area contributed by atoms with E-state index < -0.39 is 20.0 Å². The zero-order valence-corrected chi connectivity index (χ0v) is 8.00. The lowest BCUT2D eigenvalue weighted by Crippen LogP contribution is -2.32. The molecule has 68 valence electrons. The first-order chi connectivity index (χ1) is 4.83. The smallest absolute Gasteiger partial charge is 0.211 e. The number of hydrogen-bond acceptors (Lipinski definition) is 4. The Kier molecular flexibility index (Phi) is 3.46. The minimum Gasteiger partial charge on any atom is -0.211 e. The van der Waals surface area contributed by atoms with Crippen LogP contribution in [0.3, 0.4) is 0 Å². The molecular weight excluding hydrogens is 190 g/mol. The van der Waals surface area contributed by atoms with Crippen molar-refractivity contribution in [2.24, 2.45) is 0 Å². The summed E-state index contributed by atoms with van der Waals surface area (Å²) in [5.41, 5.74) is 0. The molecule has 0 fully saturated rings. The van der Waals surface area contributed by atoms with Crippen molar-refractivity contribution in [2.45, 2.75) is 13.8 Å². The van der Waals surface area contributed by atoms with Gasteiger partial charge in [0, 0.05) is 0 Å². The maximum atomic E-state index is 10.7. The number of rotatable bonds is 4. The first-order valence-electron chi connectivity index (χ1n) is 3.07. The SMILES string of the molecule is CCS(=O)(=O)NS(=O)(=O)CC. The molecule has 0 aliphatic heterocycles. The fourth-order valence-corrected chi connectivity index (χ4v) is 2.80. The van der Waals surface area contributed by atoms with Crippen LogP contribution < -0.4 is 4.13 Å². The Morgan fingerprint density at radius 1 is 0.909 bits per heavy atom. The summed E-state index contributed by atoms with van der Waals surface area (Å²) in [6.07, 6.45) is 0. The van der Waals surface area contributed by atoms with E-state index in [-0.39, 0.29) is 11.5 Å². The van der Waals surface area contributed by atoms with Gasteiger partial charge in [-0.05, 0) is 13.8 Å². The molecule has 0 bridgehead atoms. The van der Waals surface area contributed by atoms with Crippen LogP contribution in [0.15, 0.2) is 0 Å². The quantitative estimate of drug-likeness (QED) is 0.650. The van der Waals surface area contributed by atoms with Gasteiger partial charge in [0.15, 0.2) is 0 Å². The molecule has 0 rings (SSSR count). The highest BCUT2D eigenvalue weighted by atomic mass is 32.3. The monoisotopic (exact) mass is 201 g/mol. The molecular formula is C4H11NO4S2. The van der Waals surface area contributed by atoms with Crippen LogP contribution in [-0.4, -0.2) is 28.3 Å². The molecule has 0 saturated carbocycles. The Bertz CT molecular complexity index is 269. The third-order valence-corrected chi connectivity index (χ3v) is 4.57. The molecule has 1 N–H and O–H groups in total. The average Bonchev–Trinajstić information content (AvgIpc) is 1.86. The van der Waals surface area contributed by atoms with Crippen LogP contribution in [0, 0.1) is 0 Å². The van der Waals surface area contributed by atoms with E-state index in [1.807, 2.05) is 0 Å². The van der Waals surface area contributed by atoms with Gasteiger partial charge in [0.1, 0.15) is 0 Å². The molecule has 5 nitrogen and oxygen atoms in total. The Morgan fingerprint density at radius 2 is 1.18 bits per heavy atom. The average molecular weight is 201 g/mol. The Morgan fingerprint density at radius 3 is 1.36 bits per heavy atom. The van der Waals surface area contributed by atoms with Crippen molar-refractivity contribution in [1.29, 1.82) is 0 Å². The Labute approximate surface area is 66.9 Å². The van der Waals surface area contributed by atoms with E-state index in [0.717, 1.165) is 0 Å². The molecule has 0 aliphatic rings. The Balaban J connectivity index is 4.54. The molecule has 0 amide bonds. The lowest BCUT2D eigenvalue weighted by Gasteiger charge is -2.01. The van der Waals surface area contributed by atoms with Gasteiger partial charge >= 0.3 is 0 Å². The summed E-state index contributed by atoms with van der Waals surface area (Å²) in [5.74, 6) is -0.460. The fourth-order valence-electron chi connectivity index (χ4n) is 0.311. The van der Waals surface area contributed by atoms with Crippen LogP contribution in [-0.2, 0) is 20.0 Å². The van der Waals surface area contributed by atoms with Crippen molar-refractivity contribution in [1.82, 2.24) is 4.13 Å². The minimum absolute atomic E-state index is 0.230. The van der Waals surface area contributed by atoms with Gasteiger partial charge in [-0.3, -0.25) is 0 Å². The van der Waals surface area contributed by atoms with Crippen LogP contribution in [0.1, 0.15) is 13.8 Å². The van der Waals surface area contributed by atoms with Gasteiger partial charge in [-0.1, -0.05) is 0 Å². The number of hydrogen-bond donors (Lipinski definition) is 1. The van der Waals surface area contributed by atoms with Crippen LogP contribution in [0.4, 0.5) is 0 Å². The maximum Gasteiger partial charge on any atom is 0.224 e. The molecule has 11 heavy (non-hydrogen) atoms. The molecule has 0 heterocycles. The summed E-state index contributed by atoms with van der Waals surface area (Å²) in [6.45, 7) is 2.74. The molecule has 0 atom stereocenters. The molecule has 0 saturated heterocycles. The zero-order valence-electron chi connectivity index (χ0n) is 6.36. The van der Waals surface area contributed by atoms with Gasteiger partial charge in [-0.15, -0.1) is 4.13 Å². The predicted octanol–water partition coefficient (Wildman–Crippen LogP) is -0.725. The topological polar surface area (TPSA) is 80.3 Å². The molecule has 0 aliphatic carbocycles. The summed E-state index contributed by atoms with van der Waals surface area (Å²) in [4.78, 5) is 0. The van der Waals surface area contributed by atoms with Crippen molar-refractivity contribution >= 4 is 20.0 Å². The van der Waals surface area contributed by atoms with E-state index in [0.29, 0.717) is 0 Å². The second kappa shape index (κ2) is 3.51. The van der Waals surface area contributed by atoms with Gasteiger partial charge in [-0.2, -0.15) is 0 Å². The van der Waals surface area contributed by atoms with E-state index >= 15 is 0 Å². The number of sulfonamides is 2. The highest BCUT2D eigenvalue weighted by Crippen LogP contribution is 1.89. The zero-order chi connectivity index (χ0) is 9.12. The normalized spacial score (nSPS) is 13.3. The van der Waals surface area contributed by atoms with Gasteiger partial charge in [-0.25, -0.2) is 16.8 Å². The van der Waals surface area contributed by atoms with Gasteiger partial charge in [0.05, 0.1) is 11.5 Å². The van der Waals surface area contributed by atoms with Crippen LogP contribution in [0.2, 0.25) is 0 Å². The second-order valence-electron chi connectivity index (χ2n) is 1.89. The molecule has 0 spiro atoms. The standard InChI is InChI=1S/C4H11NO4S2/c1-3-10(6,7)5-11(8,9)4-2/h5H,3-4H2,1-2H3. The molecule has 0 radical (unpaired) electrons. The van der Waals surface area contributed by atoms with Crippen molar-refractivity contribution in [3.05, 3.63) is 0 Å². The molecule has 0 aromatic carbocycles. The number of nitrogens with one attached hydrogen (secondary N) is 1. The van der Waals surface area contributed by atoms with E-state index in [4.69, 9.17) is 0 Å². The van der Waals surface area contributed by atoms with E-state index in [9.17, 15) is 16.8 Å². The summed E-state index contributed by atoms with van der Waals surface area (Å²) < 4.78 is 44.3. The summed E-state index contributed by atoms with van der Waals surface area (Å²) >= 11 is 0. The first kappa shape index (κ1) is 10.9. The highest BCUT2D eigenvalue weighted by Gasteiger charge is 2.15. The largest absolute Gasteiger partial charge is 0.224 e. The third kappa shape index (κ3) is 4.33. The minimum atomic E-state index is -3.63. The summed E-state index contributed by atoms with van der Waals surface area (Å²) in [5, 5.41) is 0. The first-order valence-corrected chi connectivity index (χ1v) is 6.37.